The van der Waals surface area contributed by atoms with Crippen LogP contribution in [0.3, 0.4) is 0 Å². The van der Waals surface area contributed by atoms with Crippen molar-refractivity contribution in [3.8, 4) is 5.75 Å². The molecule has 1 aromatic rings. The lowest BCUT2D eigenvalue weighted by Gasteiger charge is -2.07. The van der Waals surface area contributed by atoms with Gasteiger partial charge in [0, 0.05) is 12.8 Å². The fourth-order valence-electron chi connectivity index (χ4n) is 1.69. The van der Waals surface area contributed by atoms with Crippen LogP contribution in [0.5, 0.6) is 5.75 Å². The summed E-state index contributed by atoms with van der Waals surface area (Å²) in [4.78, 5) is 0. The van der Waals surface area contributed by atoms with Gasteiger partial charge in [0.2, 0.25) is 0 Å². The average Bonchev–Trinajstić information content (AvgIpc) is 2.64. The molecular formula is C11H13FO2. The molecule has 0 amide bonds. The zero-order chi connectivity index (χ0) is 9.97. The average molecular weight is 196 g/mol. The van der Waals surface area contributed by atoms with Crippen molar-refractivity contribution in [2.24, 2.45) is 0 Å². The van der Waals surface area contributed by atoms with Crippen LogP contribution < -0.4 is 4.74 Å². The monoisotopic (exact) mass is 196 g/mol. The second-order valence-electron chi connectivity index (χ2n) is 3.55. The van der Waals surface area contributed by atoms with Gasteiger partial charge in [0.1, 0.15) is 12.4 Å². The molecule has 3 heteroatoms. The molecule has 0 radical (unpaired) electrons. The van der Waals surface area contributed by atoms with Crippen molar-refractivity contribution in [3.05, 3.63) is 29.3 Å². The molecule has 76 valence electrons. The number of rotatable bonds is 3. The Hall–Kier alpha value is -1.09. The number of ether oxygens (including phenoxy) is 1. The first kappa shape index (κ1) is 9.46. The van der Waals surface area contributed by atoms with Crippen molar-refractivity contribution in [3.63, 3.8) is 0 Å². The van der Waals surface area contributed by atoms with E-state index in [1.165, 1.54) is 0 Å². The highest BCUT2D eigenvalue weighted by atomic mass is 19.1. The van der Waals surface area contributed by atoms with Gasteiger partial charge in [0.15, 0.2) is 0 Å². The van der Waals surface area contributed by atoms with Crippen LogP contribution in [0, 0.1) is 0 Å². The quantitative estimate of drug-likeness (QED) is 0.793. The number of benzene rings is 1. The zero-order valence-electron chi connectivity index (χ0n) is 7.87. The van der Waals surface area contributed by atoms with E-state index in [4.69, 9.17) is 9.84 Å². The van der Waals surface area contributed by atoms with Crippen molar-refractivity contribution in [1.82, 2.24) is 0 Å². The Morgan fingerprint density at radius 2 is 2.36 bits per heavy atom. The first-order valence-electron chi connectivity index (χ1n) is 4.78. The Balaban J connectivity index is 2.12. The minimum atomic E-state index is -0.879. The molecule has 2 nitrogen and oxygen atoms in total. The van der Waals surface area contributed by atoms with Gasteiger partial charge in [0.05, 0.1) is 12.7 Å². The number of hydrogen-bond acceptors (Lipinski definition) is 2. The third-order valence-corrected chi connectivity index (χ3v) is 2.40. The third-order valence-electron chi connectivity index (χ3n) is 2.40. The fraction of sp³-hybridized carbons (Fsp3) is 0.455. The number of alkyl halides is 1. The van der Waals surface area contributed by atoms with E-state index in [9.17, 15) is 4.39 Å². The van der Waals surface area contributed by atoms with Crippen LogP contribution in [0.4, 0.5) is 4.39 Å². The molecule has 0 fully saturated rings. The maximum atomic E-state index is 12.1. The van der Waals surface area contributed by atoms with Crippen LogP contribution in [0.2, 0.25) is 0 Å². The van der Waals surface area contributed by atoms with Crippen LogP contribution in [0.1, 0.15) is 11.1 Å². The molecule has 14 heavy (non-hydrogen) atoms. The lowest BCUT2D eigenvalue weighted by atomic mass is 10.0. The molecule has 1 N–H and O–H groups in total. The summed E-state index contributed by atoms with van der Waals surface area (Å²) in [5.41, 5.74) is 2.13. The third kappa shape index (κ3) is 1.87. The first-order valence-corrected chi connectivity index (χ1v) is 4.78. The summed E-state index contributed by atoms with van der Waals surface area (Å²) in [6.07, 6.45) is 0.411. The van der Waals surface area contributed by atoms with Crippen LogP contribution in [0.25, 0.3) is 0 Å². The van der Waals surface area contributed by atoms with E-state index in [0.29, 0.717) is 6.42 Å². The van der Waals surface area contributed by atoms with Crippen LogP contribution in [-0.4, -0.2) is 24.5 Å². The lowest BCUT2D eigenvalue weighted by molar-refractivity contribution is 0.140. The van der Waals surface area contributed by atoms with E-state index in [-0.39, 0.29) is 0 Å². The summed E-state index contributed by atoms with van der Waals surface area (Å²) in [7, 11) is 0. The molecular weight excluding hydrogens is 183 g/mol. The molecule has 1 unspecified atom stereocenters. The van der Waals surface area contributed by atoms with Crippen molar-refractivity contribution in [2.45, 2.75) is 18.9 Å². The molecule has 0 saturated carbocycles. The molecule has 0 spiro atoms. The van der Waals surface area contributed by atoms with Gasteiger partial charge in [-0.15, -0.1) is 0 Å². The molecule has 0 bridgehead atoms. The predicted octanol–water partition coefficient (Wildman–Crippen LogP) is 1.49. The van der Waals surface area contributed by atoms with Crippen LogP contribution in [0.15, 0.2) is 18.2 Å². The van der Waals surface area contributed by atoms with Crippen molar-refractivity contribution in [2.75, 3.05) is 13.3 Å². The van der Waals surface area contributed by atoms with Gasteiger partial charge >= 0.3 is 0 Å². The van der Waals surface area contributed by atoms with Gasteiger partial charge in [-0.05, 0) is 17.2 Å². The van der Waals surface area contributed by atoms with Crippen molar-refractivity contribution >= 4 is 0 Å². The molecule has 1 aliphatic heterocycles. The van der Waals surface area contributed by atoms with E-state index in [0.717, 1.165) is 29.9 Å². The summed E-state index contributed by atoms with van der Waals surface area (Å²) in [6.45, 7) is 0.0397. The summed E-state index contributed by atoms with van der Waals surface area (Å²) in [6, 6.07) is 5.76. The zero-order valence-corrected chi connectivity index (χ0v) is 7.87. The molecule has 1 aromatic carbocycles. The number of hydrogen-bond donors (Lipinski definition) is 1. The second-order valence-corrected chi connectivity index (χ2v) is 3.55. The predicted molar refractivity (Wildman–Crippen MR) is 51.3 cm³/mol. The van der Waals surface area contributed by atoms with Gasteiger partial charge < -0.3 is 9.84 Å². The number of aliphatic hydroxyl groups is 1. The first-order chi connectivity index (χ1) is 6.79. The maximum absolute atomic E-state index is 12.1. The molecule has 0 saturated heterocycles. The summed E-state index contributed by atoms with van der Waals surface area (Å²) >= 11 is 0. The van der Waals surface area contributed by atoms with Crippen LogP contribution in [-0.2, 0) is 12.8 Å². The Kier molecular flexibility index (Phi) is 2.68. The number of halogens is 1. The molecule has 0 aromatic heterocycles. The molecule has 1 aliphatic rings. The summed E-state index contributed by atoms with van der Waals surface area (Å²) in [5.74, 6) is 0.920. The summed E-state index contributed by atoms with van der Waals surface area (Å²) < 4.78 is 17.4. The normalized spacial score (nSPS) is 16.1. The summed E-state index contributed by atoms with van der Waals surface area (Å²) in [5, 5.41) is 9.15. The van der Waals surface area contributed by atoms with E-state index < -0.39 is 12.8 Å². The SMILES string of the molecule is OC(CF)Cc1ccc2c(c1)CCO2. The molecule has 0 aliphatic carbocycles. The Morgan fingerprint density at radius 3 is 3.14 bits per heavy atom. The van der Waals surface area contributed by atoms with Crippen LogP contribution >= 0.6 is 0 Å². The number of aliphatic hydroxyl groups excluding tert-OH is 1. The van der Waals surface area contributed by atoms with Gasteiger partial charge in [-0.2, -0.15) is 0 Å². The van der Waals surface area contributed by atoms with E-state index in [1.807, 2.05) is 18.2 Å². The smallest absolute Gasteiger partial charge is 0.122 e. The van der Waals surface area contributed by atoms with E-state index in [1.54, 1.807) is 0 Å². The van der Waals surface area contributed by atoms with Crippen molar-refractivity contribution < 1.29 is 14.2 Å². The Labute approximate surface area is 82.3 Å². The molecule has 1 atom stereocenters. The molecule has 2 rings (SSSR count). The highest BCUT2D eigenvalue weighted by molar-refractivity contribution is 5.39. The highest BCUT2D eigenvalue weighted by Crippen LogP contribution is 2.26. The van der Waals surface area contributed by atoms with Gasteiger partial charge in [-0.1, -0.05) is 12.1 Å². The highest BCUT2D eigenvalue weighted by Gasteiger charge is 2.13. The topological polar surface area (TPSA) is 29.5 Å². The van der Waals surface area contributed by atoms with E-state index in [2.05, 4.69) is 0 Å². The fourth-order valence-corrected chi connectivity index (χ4v) is 1.69. The standard InChI is InChI=1S/C11H13FO2/c12-7-10(13)6-8-1-2-11-9(5-8)3-4-14-11/h1-2,5,10,13H,3-4,6-7H2. The van der Waals surface area contributed by atoms with Gasteiger partial charge in [-0.3, -0.25) is 0 Å². The molecule has 1 heterocycles. The number of fused-ring (bicyclic) bond motifs is 1. The maximum Gasteiger partial charge on any atom is 0.122 e. The lowest BCUT2D eigenvalue weighted by Crippen LogP contribution is -2.12. The van der Waals surface area contributed by atoms with Gasteiger partial charge in [0.25, 0.3) is 0 Å². The second kappa shape index (κ2) is 3.96. The Bertz CT molecular complexity index is 325. The van der Waals surface area contributed by atoms with E-state index >= 15 is 0 Å². The Morgan fingerprint density at radius 1 is 1.50 bits per heavy atom. The minimum Gasteiger partial charge on any atom is -0.493 e. The largest absolute Gasteiger partial charge is 0.493 e. The van der Waals surface area contributed by atoms with Gasteiger partial charge in [-0.25, -0.2) is 4.39 Å². The van der Waals surface area contributed by atoms with Crippen molar-refractivity contribution in [1.29, 1.82) is 0 Å². The minimum absolute atomic E-state index is 0.379.